The first kappa shape index (κ1) is 31.2. The van der Waals surface area contributed by atoms with Gasteiger partial charge in [0, 0.05) is 18.7 Å². The van der Waals surface area contributed by atoms with Crippen LogP contribution in [0.5, 0.6) is 5.75 Å². The molecule has 0 spiro atoms. The van der Waals surface area contributed by atoms with Crippen molar-refractivity contribution in [1.29, 1.82) is 0 Å². The number of benzene rings is 3. The van der Waals surface area contributed by atoms with Gasteiger partial charge in [-0.05, 0) is 65.1 Å². The third-order valence-corrected chi connectivity index (χ3v) is 7.28. The van der Waals surface area contributed by atoms with Gasteiger partial charge in [-0.3, -0.25) is 0 Å². The predicted octanol–water partition coefficient (Wildman–Crippen LogP) is -2.91. The Balaban J connectivity index is 0.00000228. The van der Waals surface area contributed by atoms with Crippen molar-refractivity contribution < 1.29 is 89.8 Å². The molecule has 1 aliphatic rings. The number of ether oxygens (including phenoxy) is 1. The van der Waals surface area contributed by atoms with Crippen molar-refractivity contribution in [3.63, 3.8) is 0 Å². The summed E-state index contributed by atoms with van der Waals surface area (Å²) in [7, 11) is -9.75. The summed E-state index contributed by atoms with van der Waals surface area (Å²) >= 11 is 0. The van der Waals surface area contributed by atoms with Crippen LogP contribution in [-0.4, -0.2) is 32.5 Å². The van der Waals surface area contributed by atoms with Crippen molar-refractivity contribution in [3.8, 4) is 5.75 Å². The molecule has 0 aromatic heterocycles. The van der Waals surface area contributed by atoms with Crippen molar-refractivity contribution in [2.24, 2.45) is 0 Å². The number of nitrogens with one attached hydrogen (secondary N) is 1. The summed E-state index contributed by atoms with van der Waals surface area (Å²) in [5.74, 6) is 0.211. The molecule has 0 fully saturated rings. The first-order chi connectivity index (χ1) is 16.1. The van der Waals surface area contributed by atoms with Crippen LogP contribution in [0.2, 0.25) is 0 Å². The fraction of sp³-hybridized carbons (Fsp3) is 0.167. The largest absolute Gasteiger partial charge is 1.00 e. The van der Waals surface area contributed by atoms with Gasteiger partial charge in [-0.1, -0.05) is 36.4 Å². The first-order valence-electron chi connectivity index (χ1n) is 10.4. The van der Waals surface area contributed by atoms with Gasteiger partial charge in [-0.25, -0.2) is 16.8 Å². The normalized spacial score (nSPS) is 13.4. The van der Waals surface area contributed by atoms with E-state index in [1.165, 1.54) is 30.3 Å². The van der Waals surface area contributed by atoms with E-state index in [9.17, 15) is 25.9 Å². The summed E-state index contributed by atoms with van der Waals surface area (Å²) in [6.45, 7) is 3.11. The molecule has 1 heterocycles. The molecule has 1 N–H and O–H groups in total. The maximum atomic E-state index is 12.3. The maximum Gasteiger partial charge on any atom is 1.00 e. The van der Waals surface area contributed by atoms with Gasteiger partial charge in [0.2, 0.25) is 0 Å². The van der Waals surface area contributed by atoms with Crippen molar-refractivity contribution in [2.45, 2.75) is 29.8 Å². The number of fused-ring (bicyclic) bond motifs is 1. The molecule has 0 atom stereocenters. The second-order valence-electron chi connectivity index (χ2n) is 7.64. The van der Waals surface area contributed by atoms with E-state index >= 15 is 0 Å². The molecular weight excluding hydrogens is 524 g/mol. The van der Waals surface area contributed by atoms with E-state index in [1.54, 1.807) is 31.2 Å². The zero-order chi connectivity index (χ0) is 24.5. The Morgan fingerprint density at radius 1 is 0.889 bits per heavy atom. The van der Waals surface area contributed by atoms with E-state index in [-0.39, 0.29) is 82.6 Å². The fourth-order valence-electron chi connectivity index (χ4n) is 4.06. The number of hydrogen-bond acceptors (Lipinski definition) is 8. The van der Waals surface area contributed by atoms with Crippen molar-refractivity contribution in [3.05, 3.63) is 88.5 Å². The van der Waals surface area contributed by atoms with Gasteiger partial charge >= 0.3 is 59.1 Å². The van der Waals surface area contributed by atoms with E-state index in [0.717, 1.165) is 17.2 Å². The minimum absolute atomic E-state index is 0. The number of rotatable bonds is 7. The van der Waals surface area contributed by atoms with Crippen LogP contribution < -0.4 is 69.2 Å². The van der Waals surface area contributed by atoms with Crippen molar-refractivity contribution in [1.82, 2.24) is 5.32 Å². The average Bonchev–Trinajstić information content (AvgIpc) is 3.26. The molecule has 0 unspecified atom stereocenters. The smallest absolute Gasteiger partial charge is 0.744 e. The summed E-state index contributed by atoms with van der Waals surface area (Å²) in [6, 6.07) is 15.3. The molecule has 12 heteroatoms. The summed E-state index contributed by atoms with van der Waals surface area (Å²) in [5.41, 5.74) is 2.96. The third-order valence-electron chi connectivity index (χ3n) is 5.49. The molecule has 1 aliphatic heterocycles. The SMILES string of the molecule is CCOc1ccc(C(=Cc2ccccc2S(=O)(=O)[O-])c2cccc3c2CNC3)c(S(=O)(=O)[O-])c1.[Na+].[Na+]. The Kier molecular flexibility index (Phi) is 11.0. The Hall–Kier alpha value is -1.02. The second-order valence-corrected chi connectivity index (χ2v) is 10.3. The van der Waals surface area contributed by atoms with Crippen LogP contribution in [0, 0.1) is 0 Å². The Morgan fingerprint density at radius 3 is 2.25 bits per heavy atom. The monoisotopic (exact) mass is 545 g/mol. The average molecular weight is 546 g/mol. The Morgan fingerprint density at radius 2 is 1.58 bits per heavy atom. The Bertz CT molecular complexity index is 1500. The minimum Gasteiger partial charge on any atom is -0.744 e. The van der Waals surface area contributed by atoms with Crippen LogP contribution in [0.4, 0.5) is 0 Å². The van der Waals surface area contributed by atoms with Gasteiger partial charge in [-0.15, -0.1) is 0 Å². The quantitative estimate of drug-likeness (QED) is 0.190. The summed E-state index contributed by atoms with van der Waals surface area (Å²) < 4.78 is 77.8. The Labute approximate surface area is 255 Å². The molecule has 4 rings (SSSR count). The van der Waals surface area contributed by atoms with Crippen LogP contribution in [0.3, 0.4) is 0 Å². The molecule has 178 valence electrons. The van der Waals surface area contributed by atoms with Gasteiger partial charge < -0.3 is 19.2 Å². The third kappa shape index (κ3) is 6.89. The standard InChI is InChI=1S/C24H23NO7S2.2Na/c1-2-32-18-10-11-20(24(13-18)34(29,30)31)21(19-8-5-7-17-14-25-15-22(17)19)12-16-6-3-4-9-23(16)33(26,27)28;;/h3-13,25H,2,14-15H2,1H3,(H,26,27,28)(H,29,30,31);;/q;2*+1/p-2. The van der Waals surface area contributed by atoms with Crippen molar-refractivity contribution in [2.75, 3.05) is 6.61 Å². The molecule has 8 nitrogen and oxygen atoms in total. The van der Waals surface area contributed by atoms with Crippen LogP contribution in [0.25, 0.3) is 11.6 Å². The molecule has 0 radical (unpaired) electrons. The summed E-state index contributed by atoms with van der Waals surface area (Å²) in [5, 5.41) is 3.23. The van der Waals surface area contributed by atoms with Crippen LogP contribution >= 0.6 is 0 Å². The second kappa shape index (κ2) is 12.7. The van der Waals surface area contributed by atoms with Gasteiger partial charge in [0.25, 0.3) is 0 Å². The van der Waals surface area contributed by atoms with E-state index in [0.29, 0.717) is 24.2 Å². The van der Waals surface area contributed by atoms with Gasteiger partial charge in [0.05, 0.1) is 16.4 Å². The topological polar surface area (TPSA) is 136 Å². The first-order valence-corrected chi connectivity index (χ1v) is 13.2. The van der Waals surface area contributed by atoms with E-state index in [2.05, 4.69) is 5.32 Å². The van der Waals surface area contributed by atoms with E-state index < -0.39 is 30.0 Å². The molecular formula is C24H21NNa2O7S2. The van der Waals surface area contributed by atoms with Gasteiger partial charge in [0.1, 0.15) is 26.0 Å². The maximum absolute atomic E-state index is 12.3. The number of hydrogen-bond donors (Lipinski definition) is 1. The zero-order valence-electron chi connectivity index (χ0n) is 20.1. The summed E-state index contributed by atoms with van der Waals surface area (Å²) in [6.07, 6.45) is 1.43. The van der Waals surface area contributed by atoms with E-state index in [1.807, 2.05) is 6.07 Å². The summed E-state index contributed by atoms with van der Waals surface area (Å²) in [4.78, 5) is -0.952. The van der Waals surface area contributed by atoms with Gasteiger partial charge in [-0.2, -0.15) is 0 Å². The van der Waals surface area contributed by atoms with Crippen LogP contribution in [-0.2, 0) is 33.3 Å². The molecule has 0 saturated carbocycles. The predicted molar refractivity (Wildman–Crippen MR) is 124 cm³/mol. The molecule has 0 bridgehead atoms. The van der Waals surface area contributed by atoms with Crippen LogP contribution in [0.1, 0.15) is 34.7 Å². The molecule has 3 aromatic carbocycles. The minimum atomic E-state index is -4.94. The van der Waals surface area contributed by atoms with E-state index in [4.69, 9.17) is 4.74 Å². The van der Waals surface area contributed by atoms with Crippen LogP contribution in [0.15, 0.2) is 70.5 Å². The zero-order valence-corrected chi connectivity index (χ0v) is 25.8. The fourth-order valence-corrected chi connectivity index (χ4v) is 5.42. The molecule has 3 aromatic rings. The molecule has 0 aliphatic carbocycles. The molecule has 0 saturated heterocycles. The molecule has 0 amide bonds. The van der Waals surface area contributed by atoms with Gasteiger partial charge in [0.15, 0.2) is 0 Å². The van der Waals surface area contributed by atoms with Crippen molar-refractivity contribution >= 4 is 31.9 Å². The molecule has 36 heavy (non-hydrogen) atoms.